The summed E-state index contributed by atoms with van der Waals surface area (Å²) in [5.74, 6) is 0.150. The molecule has 1 atom stereocenters. The van der Waals surface area contributed by atoms with E-state index >= 15 is 0 Å². The lowest BCUT2D eigenvalue weighted by Gasteiger charge is -2.25. The Balaban J connectivity index is 2.42. The molecule has 1 rings (SSSR count). The molecule has 0 saturated heterocycles. The van der Waals surface area contributed by atoms with Crippen molar-refractivity contribution in [2.75, 3.05) is 20.2 Å². The Kier molecular flexibility index (Phi) is 6.69. The van der Waals surface area contributed by atoms with Crippen LogP contribution in [0.2, 0.25) is 0 Å². The molecule has 0 spiro atoms. The quantitative estimate of drug-likeness (QED) is 0.877. The summed E-state index contributed by atoms with van der Waals surface area (Å²) in [7, 11) is 1.73. The highest BCUT2D eigenvalue weighted by Gasteiger charge is 2.20. The van der Waals surface area contributed by atoms with Crippen molar-refractivity contribution in [1.29, 1.82) is 0 Å². The maximum Gasteiger partial charge on any atom is 0.410 e. The number of hydrogen-bond donors (Lipinski definition) is 1. The first-order valence-electron chi connectivity index (χ1n) is 7.40. The van der Waals surface area contributed by atoms with Gasteiger partial charge in [0, 0.05) is 20.2 Å². The average Bonchev–Trinajstić information content (AvgIpc) is 2.42. The SMILES string of the molecule is CN(CCC(CO)Cc1ccccc1)C(=O)OC(C)(C)C. The zero-order valence-electron chi connectivity index (χ0n) is 13.5. The summed E-state index contributed by atoms with van der Waals surface area (Å²) in [6.07, 6.45) is 1.25. The van der Waals surface area contributed by atoms with Gasteiger partial charge in [0.1, 0.15) is 5.60 Å². The normalized spacial score (nSPS) is 12.8. The summed E-state index contributed by atoms with van der Waals surface area (Å²) >= 11 is 0. The molecule has 4 nitrogen and oxygen atoms in total. The van der Waals surface area contributed by atoms with Crippen molar-refractivity contribution >= 4 is 6.09 Å². The highest BCUT2D eigenvalue weighted by atomic mass is 16.6. The third-order valence-corrected chi connectivity index (χ3v) is 3.20. The molecule has 1 unspecified atom stereocenters. The molecular weight excluding hydrogens is 266 g/mol. The Labute approximate surface area is 127 Å². The van der Waals surface area contributed by atoms with E-state index in [4.69, 9.17) is 4.74 Å². The largest absolute Gasteiger partial charge is 0.444 e. The molecule has 0 aliphatic heterocycles. The second-order valence-corrected chi connectivity index (χ2v) is 6.43. The molecule has 0 bridgehead atoms. The minimum absolute atomic E-state index is 0.122. The molecule has 1 aromatic carbocycles. The Morgan fingerprint density at radius 2 is 1.90 bits per heavy atom. The Hall–Kier alpha value is -1.55. The maximum absolute atomic E-state index is 11.9. The van der Waals surface area contributed by atoms with Crippen LogP contribution in [0, 0.1) is 5.92 Å². The number of aliphatic hydroxyl groups excluding tert-OH is 1. The summed E-state index contributed by atoms with van der Waals surface area (Å²) in [5.41, 5.74) is 0.725. The van der Waals surface area contributed by atoms with Crippen molar-refractivity contribution in [3.05, 3.63) is 35.9 Å². The van der Waals surface area contributed by atoms with Gasteiger partial charge in [-0.25, -0.2) is 4.79 Å². The lowest BCUT2D eigenvalue weighted by Crippen LogP contribution is -2.35. The zero-order chi connectivity index (χ0) is 15.9. The van der Waals surface area contributed by atoms with Gasteiger partial charge in [0.25, 0.3) is 0 Å². The third-order valence-electron chi connectivity index (χ3n) is 3.20. The molecule has 0 heterocycles. The fourth-order valence-corrected chi connectivity index (χ4v) is 2.01. The molecule has 0 radical (unpaired) electrons. The lowest BCUT2D eigenvalue weighted by molar-refractivity contribution is 0.0285. The first kappa shape index (κ1) is 17.5. The van der Waals surface area contributed by atoms with E-state index in [2.05, 4.69) is 12.1 Å². The van der Waals surface area contributed by atoms with Gasteiger partial charge in [0.2, 0.25) is 0 Å². The van der Waals surface area contributed by atoms with E-state index in [1.54, 1.807) is 11.9 Å². The van der Waals surface area contributed by atoms with Crippen molar-refractivity contribution < 1.29 is 14.6 Å². The van der Waals surface area contributed by atoms with E-state index in [0.717, 1.165) is 12.8 Å². The molecule has 4 heteroatoms. The first-order chi connectivity index (χ1) is 9.81. The lowest BCUT2D eigenvalue weighted by atomic mass is 9.97. The Morgan fingerprint density at radius 3 is 2.43 bits per heavy atom. The fraction of sp³-hybridized carbons (Fsp3) is 0.588. The van der Waals surface area contributed by atoms with Gasteiger partial charge in [0.05, 0.1) is 0 Å². The smallest absolute Gasteiger partial charge is 0.410 e. The molecule has 0 aliphatic rings. The van der Waals surface area contributed by atoms with Crippen molar-refractivity contribution in [2.45, 2.75) is 39.2 Å². The van der Waals surface area contributed by atoms with Crippen molar-refractivity contribution in [3.63, 3.8) is 0 Å². The highest BCUT2D eigenvalue weighted by molar-refractivity contribution is 5.67. The number of nitrogens with zero attached hydrogens (tertiary/aromatic N) is 1. The van der Waals surface area contributed by atoms with Gasteiger partial charge in [-0.05, 0) is 45.1 Å². The summed E-state index contributed by atoms with van der Waals surface area (Å²) in [6, 6.07) is 10.1. The number of rotatable bonds is 6. The van der Waals surface area contributed by atoms with E-state index in [9.17, 15) is 9.90 Å². The topological polar surface area (TPSA) is 49.8 Å². The van der Waals surface area contributed by atoms with Gasteiger partial charge in [-0.15, -0.1) is 0 Å². The van der Waals surface area contributed by atoms with Crippen LogP contribution in [0.4, 0.5) is 4.79 Å². The van der Waals surface area contributed by atoms with E-state index in [0.29, 0.717) is 6.54 Å². The first-order valence-corrected chi connectivity index (χ1v) is 7.40. The number of ether oxygens (including phenoxy) is 1. The van der Waals surface area contributed by atoms with Gasteiger partial charge in [-0.3, -0.25) is 0 Å². The van der Waals surface area contributed by atoms with E-state index in [1.165, 1.54) is 5.56 Å². The van der Waals surface area contributed by atoms with Gasteiger partial charge < -0.3 is 14.7 Å². The van der Waals surface area contributed by atoms with Gasteiger partial charge in [0.15, 0.2) is 0 Å². The molecule has 0 saturated carbocycles. The van der Waals surface area contributed by atoms with Crippen molar-refractivity contribution in [2.24, 2.45) is 5.92 Å². The second-order valence-electron chi connectivity index (χ2n) is 6.43. The van der Waals surface area contributed by atoms with E-state index < -0.39 is 5.60 Å². The minimum Gasteiger partial charge on any atom is -0.444 e. The molecule has 21 heavy (non-hydrogen) atoms. The molecule has 1 aromatic rings. The fourth-order valence-electron chi connectivity index (χ4n) is 2.01. The zero-order valence-corrected chi connectivity index (χ0v) is 13.5. The van der Waals surface area contributed by atoms with Gasteiger partial charge in [-0.2, -0.15) is 0 Å². The predicted octanol–water partition coefficient (Wildman–Crippen LogP) is 3.09. The molecule has 0 aliphatic carbocycles. The maximum atomic E-state index is 11.9. The Bertz CT molecular complexity index is 425. The molecule has 118 valence electrons. The minimum atomic E-state index is -0.480. The van der Waals surface area contributed by atoms with Crippen molar-refractivity contribution in [3.8, 4) is 0 Å². The summed E-state index contributed by atoms with van der Waals surface area (Å²) in [6.45, 7) is 6.25. The van der Waals surface area contributed by atoms with Crippen LogP contribution in [0.1, 0.15) is 32.8 Å². The van der Waals surface area contributed by atoms with Gasteiger partial charge in [-0.1, -0.05) is 30.3 Å². The number of hydrogen-bond acceptors (Lipinski definition) is 3. The predicted molar refractivity (Wildman–Crippen MR) is 84.2 cm³/mol. The van der Waals surface area contributed by atoms with Crippen LogP contribution in [0.15, 0.2) is 30.3 Å². The second kappa shape index (κ2) is 8.03. The highest BCUT2D eigenvalue weighted by Crippen LogP contribution is 2.14. The average molecular weight is 293 g/mol. The van der Waals surface area contributed by atoms with Crippen LogP contribution in [0.25, 0.3) is 0 Å². The molecular formula is C17H27NO3. The summed E-state index contributed by atoms with van der Waals surface area (Å²) in [5, 5.41) is 9.49. The monoisotopic (exact) mass is 293 g/mol. The van der Waals surface area contributed by atoms with Crippen LogP contribution in [0.5, 0.6) is 0 Å². The third kappa shape index (κ3) is 7.14. The number of benzene rings is 1. The molecule has 1 N–H and O–H groups in total. The van der Waals surface area contributed by atoms with Crippen molar-refractivity contribution in [1.82, 2.24) is 4.90 Å². The van der Waals surface area contributed by atoms with Crippen LogP contribution in [0.3, 0.4) is 0 Å². The summed E-state index contributed by atoms with van der Waals surface area (Å²) in [4.78, 5) is 13.4. The van der Waals surface area contributed by atoms with E-state index in [1.807, 2.05) is 39.0 Å². The Morgan fingerprint density at radius 1 is 1.29 bits per heavy atom. The van der Waals surface area contributed by atoms with E-state index in [-0.39, 0.29) is 18.6 Å². The van der Waals surface area contributed by atoms with Crippen LogP contribution in [-0.2, 0) is 11.2 Å². The van der Waals surface area contributed by atoms with Crippen LogP contribution >= 0.6 is 0 Å². The number of carbonyl (C=O) groups excluding carboxylic acids is 1. The standard InChI is InChI=1S/C17H27NO3/c1-17(2,3)21-16(20)18(4)11-10-15(13-19)12-14-8-6-5-7-9-14/h5-9,15,19H,10-13H2,1-4H3. The number of aliphatic hydroxyl groups is 1. The molecule has 0 fully saturated rings. The molecule has 0 aromatic heterocycles. The van der Waals surface area contributed by atoms with Crippen LogP contribution in [-0.4, -0.2) is 41.9 Å². The van der Waals surface area contributed by atoms with Gasteiger partial charge >= 0.3 is 6.09 Å². The molecule has 1 amide bonds. The van der Waals surface area contributed by atoms with Crippen LogP contribution < -0.4 is 0 Å². The summed E-state index contributed by atoms with van der Waals surface area (Å²) < 4.78 is 5.31. The number of amides is 1. The number of carbonyl (C=O) groups is 1.